The first-order chi connectivity index (χ1) is 14.0. The highest BCUT2D eigenvalue weighted by atomic mass is 19.4. The molecule has 0 fully saturated rings. The van der Waals surface area contributed by atoms with Crippen LogP contribution >= 0.6 is 0 Å². The number of carbonyl (C=O) groups excluding carboxylic acids is 1. The number of anilines is 1. The number of hydrogen-bond acceptors (Lipinski definition) is 3. The Bertz CT molecular complexity index is 1070. The summed E-state index contributed by atoms with van der Waals surface area (Å²) in [5.74, 6) is -4.64. The van der Waals surface area contributed by atoms with Crippen molar-refractivity contribution in [2.24, 2.45) is 0 Å². The molecule has 0 spiro atoms. The lowest BCUT2D eigenvalue weighted by molar-refractivity contribution is -0.142. The van der Waals surface area contributed by atoms with Crippen molar-refractivity contribution in [1.82, 2.24) is 4.98 Å². The van der Waals surface area contributed by atoms with Crippen LogP contribution < -0.4 is 10.1 Å². The molecule has 1 amide bonds. The summed E-state index contributed by atoms with van der Waals surface area (Å²) in [6.45, 7) is 1.36. The van der Waals surface area contributed by atoms with Crippen molar-refractivity contribution >= 4 is 11.6 Å². The summed E-state index contributed by atoms with van der Waals surface area (Å²) < 4.78 is 84.3. The Balaban J connectivity index is 1.78. The highest BCUT2D eigenvalue weighted by Gasteiger charge is 2.37. The third kappa shape index (κ3) is 4.70. The molecular formula is C20H12F6N2O2. The Morgan fingerprint density at radius 3 is 2.27 bits per heavy atom. The minimum atomic E-state index is -4.85. The molecule has 30 heavy (non-hydrogen) atoms. The van der Waals surface area contributed by atoms with Crippen LogP contribution in [0.15, 0.2) is 48.7 Å². The van der Waals surface area contributed by atoms with Gasteiger partial charge in [0.15, 0.2) is 11.4 Å². The van der Waals surface area contributed by atoms with Gasteiger partial charge in [0, 0.05) is 17.8 Å². The number of halogens is 6. The summed E-state index contributed by atoms with van der Waals surface area (Å²) in [7, 11) is 0. The van der Waals surface area contributed by atoms with E-state index in [1.165, 1.54) is 31.2 Å². The van der Waals surface area contributed by atoms with Crippen molar-refractivity contribution < 1.29 is 35.9 Å². The fourth-order valence-electron chi connectivity index (χ4n) is 2.63. The summed E-state index contributed by atoms with van der Waals surface area (Å²) in [5.41, 5.74) is -1.49. The van der Waals surface area contributed by atoms with Crippen LogP contribution in [0.5, 0.6) is 11.5 Å². The van der Waals surface area contributed by atoms with Crippen LogP contribution in [0, 0.1) is 24.4 Å². The van der Waals surface area contributed by atoms with Gasteiger partial charge in [0.25, 0.3) is 5.91 Å². The number of hydrogen-bond donors (Lipinski definition) is 1. The summed E-state index contributed by atoms with van der Waals surface area (Å²) >= 11 is 0. The van der Waals surface area contributed by atoms with Gasteiger partial charge in [0.2, 0.25) is 0 Å². The SMILES string of the molecule is Cc1cc(F)cc(F)c1C(=O)Nc1ccc(Oc2cc(F)cnc2C(F)(F)F)cc1. The van der Waals surface area contributed by atoms with Gasteiger partial charge < -0.3 is 10.1 Å². The van der Waals surface area contributed by atoms with Crippen LogP contribution in [0.25, 0.3) is 0 Å². The first-order valence-electron chi connectivity index (χ1n) is 8.32. The van der Waals surface area contributed by atoms with Crippen molar-refractivity contribution in [3.05, 3.63) is 82.9 Å². The van der Waals surface area contributed by atoms with E-state index in [0.717, 1.165) is 6.07 Å². The van der Waals surface area contributed by atoms with E-state index in [-0.39, 0.29) is 22.6 Å². The van der Waals surface area contributed by atoms with E-state index in [4.69, 9.17) is 4.74 Å². The molecule has 3 rings (SSSR count). The first kappa shape index (κ1) is 21.2. The van der Waals surface area contributed by atoms with E-state index in [1.807, 2.05) is 0 Å². The normalized spacial score (nSPS) is 11.3. The zero-order chi connectivity index (χ0) is 22.1. The van der Waals surface area contributed by atoms with Crippen molar-refractivity contribution in [3.8, 4) is 11.5 Å². The highest BCUT2D eigenvalue weighted by molar-refractivity contribution is 6.05. The number of aromatic nitrogens is 1. The third-order valence-corrected chi connectivity index (χ3v) is 3.91. The summed E-state index contributed by atoms with van der Waals surface area (Å²) in [6, 6.07) is 7.12. The molecule has 4 nitrogen and oxygen atoms in total. The Morgan fingerprint density at radius 2 is 1.67 bits per heavy atom. The number of carbonyl (C=O) groups is 1. The molecule has 0 saturated heterocycles. The number of pyridine rings is 1. The molecule has 10 heteroatoms. The van der Waals surface area contributed by atoms with Crippen molar-refractivity contribution in [2.45, 2.75) is 13.1 Å². The van der Waals surface area contributed by atoms with Crippen molar-refractivity contribution in [3.63, 3.8) is 0 Å². The van der Waals surface area contributed by atoms with Gasteiger partial charge in [-0.2, -0.15) is 13.2 Å². The van der Waals surface area contributed by atoms with Gasteiger partial charge >= 0.3 is 6.18 Å². The van der Waals surface area contributed by atoms with E-state index in [1.54, 1.807) is 0 Å². The predicted octanol–water partition coefficient (Wildman–Crippen LogP) is 5.87. The largest absolute Gasteiger partial charge is 0.455 e. The van der Waals surface area contributed by atoms with E-state index in [2.05, 4.69) is 10.3 Å². The Morgan fingerprint density at radius 1 is 1.00 bits per heavy atom. The lowest BCUT2D eigenvalue weighted by Gasteiger charge is -2.13. The number of nitrogens with zero attached hydrogens (tertiary/aromatic N) is 1. The van der Waals surface area contributed by atoms with E-state index < -0.39 is 41.0 Å². The second kappa shape index (κ2) is 8.05. The lowest BCUT2D eigenvalue weighted by atomic mass is 10.1. The summed E-state index contributed by atoms with van der Waals surface area (Å²) in [4.78, 5) is 15.3. The predicted molar refractivity (Wildman–Crippen MR) is 94.8 cm³/mol. The van der Waals surface area contributed by atoms with Gasteiger partial charge in [-0.05, 0) is 42.8 Å². The first-order valence-corrected chi connectivity index (χ1v) is 8.32. The molecule has 0 saturated carbocycles. The van der Waals surface area contributed by atoms with Crippen LogP contribution in [0.3, 0.4) is 0 Å². The molecule has 1 aromatic heterocycles. The molecule has 0 aliphatic rings. The quantitative estimate of drug-likeness (QED) is 0.531. The van der Waals surface area contributed by atoms with Gasteiger partial charge in [-0.25, -0.2) is 18.2 Å². The monoisotopic (exact) mass is 426 g/mol. The maximum atomic E-state index is 13.9. The molecular weight excluding hydrogens is 414 g/mol. The second-order valence-electron chi connectivity index (χ2n) is 6.16. The number of benzene rings is 2. The van der Waals surface area contributed by atoms with Gasteiger partial charge in [0.1, 0.15) is 23.2 Å². The molecule has 1 heterocycles. The summed E-state index contributed by atoms with van der Waals surface area (Å²) in [5, 5.41) is 2.39. The van der Waals surface area contributed by atoms with Crippen LogP contribution in [-0.4, -0.2) is 10.9 Å². The zero-order valence-electron chi connectivity index (χ0n) is 15.2. The van der Waals surface area contributed by atoms with E-state index >= 15 is 0 Å². The lowest BCUT2D eigenvalue weighted by Crippen LogP contribution is -2.15. The molecule has 0 aliphatic carbocycles. The van der Waals surface area contributed by atoms with Crippen LogP contribution in [0.1, 0.15) is 21.6 Å². The average molecular weight is 426 g/mol. The van der Waals surface area contributed by atoms with Crippen molar-refractivity contribution in [1.29, 1.82) is 0 Å². The molecule has 0 atom stereocenters. The van der Waals surface area contributed by atoms with Crippen LogP contribution in [0.4, 0.5) is 32.0 Å². The number of nitrogens with one attached hydrogen (secondary N) is 1. The Kier molecular flexibility index (Phi) is 5.68. The number of alkyl halides is 3. The zero-order valence-corrected chi connectivity index (χ0v) is 15.2. The minimum absolute atomic E-state index is 0.0863. The Labute approximate surface area is 166 Å². The fourth-order valence-corrected chi connectivity index (χ4v) is 2.63. The number of amides is 1. The molecule has 0 bridgehead atoms. The van der Waals surface area contributed by atoms with E-state index in [0.29, 0.717) is 18.3 Å². The second-order valence-corrected chi connectivity index (χ2v) is 6.16. The molecule has 156 valence electrons. The molecule has 0 aliphatic heterocycles. The van der Waals surface area contributed by atoms with Crippen LogP contribution in [-0.2, 0) is 6.18 Å². The molecule has 0 radical (unpaired) electrons. The van der Waals surface area contributed by atoms with Gasteiger partial charge in [0.05, 0.1) is 11.8 Å². The molecule has 2 aromatic carbocycles. The maximum Gasteiger partial charge on any atom is 0.437 e. The number of rotatable bonds is 4. The summed E-state index contributed by atoms with van der Waals surface area (Å²) in [6.07, 6.45) is -4.43. The van der Waals surface area contributed by atoms with Crippen molar-refractivity contribution in [2.75, 3.05) is 5.32 Å². The molecule has 1 N–H and O–H groups in total. The van der Waals surface area contributed by atoms with Gasteiger partial charge in [-0.1, -0.05) is 0 Å². The van der Waals surface area contributed by atoms with E-state index in [9.17, 15) is 31.1 Å². The Hall–Kier alpha value is -3.56. The van der Waals surface area contributed by atoms with Crippen LogP contribution in [0.2, 0.25) is 0 Å². The number of ether oxygens (including phenoxy) is 1. The topological polar surface area (TPSA) is 51.2 Å². The molecule has 3 aromatic rings. The highest BCUT2D eigenvalue weighted by Crippen LogP contribution is 2.37. The third-order valence-electron chi connectivity index (χ3n) is 3.91. The molecule has 0 unspecified atom stereocenters. The smallest absolute Gasteiger partial charge is 0.437 e. The minimum Gasteiger partial charge on any atom is -0.455 e. The maximum absolute atomic E-state index is 13.9. The average Bonchev–Trinajstić information content (AvgIpc) is 2.61. The van der Waals surface area contributed by atoms with Gasteiger partial charge in [-0.15, -0.1) is 0 Å². The fraction of sp³-hybridized carbons (Fsp3) is 0.100. The standard InChI is InChI=1S/C20H12F6N2O2/c1-10-6-11(21)7-15(23)17(10)19(29)28-13-2-4-14(5-3-13)30-16-8-12(22)9-27-18(16)20(24,25)26/h2-9H,1H3,(H,28,29). The number of aryl methyl sites for hydroxylation is 1. The van der Waals surface area contributed by atoms with Gasteiger partial charge in [-0.3, -0.25) is 4.79 Å².